The zero-order valence-corrected chi connectivity index (χ0v) is 13.4. The Morgan fingerprint density at radius 2 is 2.00 bits per heavy atom. The molecule has 2 aromatic heterocycles. The molecule has 2 heterocycles. The largest absolute Gasteiger partial charge is 0.480 e. The minimum absolute atomic E-state index is 0.480. The average Bonchev–Trinajstić information content (AvgIpc) is 2.88. The number of aliphatic carboxylic acids is 1. The first kappa shape index (κ1) is 15.2. The molecule has 5 nitrogen and oxygen atoms in total. The maximum Gasteiger partial charge on any atom is 0.326 e. The zero-order chi connectivity index (χ0) is 16.6. The number of aryl methyl sites for hydroxylation is 2. The molecule has 1 atom stereocenters. The molecule has 0 bridgehead atoms. The summed E-state index contributed by atoms with van der Waals surface area (Å²) in [4.78, 5) is 20.8. The third-order valence-electron chi connectivity index (χ3n) is 4.18. The van der Waals surface area contributed by atoms with Crippen molar-refractivity contribution in [2.24, 2.45) is 0 Å². The van der Waals surface area contributed by atoms with Crippen LogP contribution in [-0.2, 0) is 4.79 Å². The predicted molar refractivity (Wildman–Crippen MR) is 89.4 cm³/mol. The topological polar surface area (TPSA) is 68.0 Å². The molecule has 0 amide bonds. The van der Waals surface area contributed by atoms with Gasteiger partial charge in [-0.25, -0.2) is 9.78 Å². The summed E-state index contributed by atoms with van der Waals surface area (Å²) in [5, 5.41) is 9.63. The van der Waals surface area contributed by atoms with Crippen molar-refractivity contribution < 1.29 is 9.90 Å². The van der Waals surface area contributed by atoms with Gasteiger partial charge in [-0.05, 0) is 55.7 Å². The van der Waals surface area contributed by atoms with Crippen LogP contribution in [0.1, 0.15) is 30.5 Å². The van der Waals surface area contributed by atoms with Gasteiger partial charge in [0, 0.05) is 6.20 Å². The Bertz CT molecular complexity index is 869. The van der Waals surface area contributed by atoms with Gasteiger partial charge in [-0.15, -0.1) is 0 Å². The van der Waals surface area contributed by atoms with E-state index >= 15 is 0 Å². The second-order valence-corrected chi connectivity index (χ2v) is 5.71. The molecule has 1 aromatic carbocycles. The van der Waals surface area contributed by atoms with Gasteiger partial charge in [0.15, 0.2) is 5.82 Å². The van der Waals surface area contributed by atoms with E-state index in [0.29, 0.717) is 17.9 Å². The molecule has 0 fully saturated rings. The molecule has 118 valence electrons. The highest BCUT2D eigenvalue weighted by molar-refractivity contribution is 5.85. The highest BCUT2D eigenvalue weighted by atomic mass is 16.4. The Hall–Kier alpha value is -2.69. The van der Waals surface area contributed by atoms with E-state index in [-0.39, 0.29) is 0 Å². The molecule has 0 saturated carbocycles. The lowest BCUT2D eigenvalue weighted by Gasteiger charge is -2.16. The van der Waals surface area contributed by atoms with Crippen molar-refractivity contribution in [2.45, 2.75) is 33.2 Å². The van der Waals surface area contributed by atoms with Crippen molar-refractivity contribution in [1.82, 2.24) is 14.5 Å². The Morgan fingerprint density at radius 1 is 1.26 bits per heavy atom. The molecule has 23 heavy (non-hydrogen) atoms. The quantitative estimate of drug-likeness (QED) is 0.797. The molecular formula is C18H19N3O2. The molecule has 5 heteroatoms. The number of hydrogen-bond acceptors (Lipinski definition) is 3. The monoisotopic (exact) mass is 309 g/mol. The van der Waals surface area contributed by atoms with Crippen LogP contribution in [0.2, 0.25) is 0 Å². The van der Waals surface area contributed by atoms with E-state index in [1.807, 2.05) is 51.1 Å². The molecule has 0 aliphatic rings. The maximum atomic E-state index is 11.7. The van der Waals surface area contributed by atoms with Gasteiger partial charge in [-0.2, -0.15) is 0 Å². The smallest absolute Gasteiger partial charge is 0.326 e. The average molecular weight is 309 g/mol. The Morgan fingerprint density at radius 3 is 2.61 bits per heavy atom. The van der Waals surface area contributed by atoms with Gasteiger partial charge >= 0.3 is 5.97 Å². The number of imidazole rings is 1. The van der Waals surface area contributed by atoms with E-state index in [1.165, 1.54) is 0 Å². The number of carbonyl (C=O) groups is 1. The van der Waals surface area contributed by atoms with E-state index < -0.39 is 12.0 Å². The summed E-state index contributed by atoms with van der Waals surface area (Å²) in [5.41, 5.74) is 4.57. The molecule has 1 N–H and O–H groups in total. The third kappa shape index (κ3) is 2.59. The van der Waals surface area contributed by atoms with Crippen LogP contribution in [0.4, 0.5) is 0 Å². The standard InChI is InChI=1S/C18H19N3O2/c1-4-15(18(22)23)21-16-10-12(3)11(2)9-14(16)20-17(21)13-7-5-6-8-19-13/h5-10,15H,4H2,1-3H3,(H,22,23). The van der Waals surface area contributed by atoms with Crippen LogP contribution in [0.25, 0.3) is 22.6 Å². The van der Waals surface area contributed by atoms with Crippen molar-refractivity contribution >= 4 is 17.0 Å². The van der Waals surface area contributed by atoms with Crippen molar-refractivity contribution in [3.8, 4) is 11.5 Å². The normalized spacial score (nSPS) is 12.5. The van der Waals surface area contributed by atoms with Gasteiger partial charge in [0.2, 0.25) is 0 Å². The number of benzene rings is 1. The van der Waals surface area contributed by atoms with Crippen LogP contribution in [-0.4, -0.2) is 25.6 Å². The number of aromatic nitrogens is 3. The van der Waals surface area contributed by atoms with E-state index in [9.17, 15) is 9.90 Å². The Labute approximate surface area is 134 Å². The molecular weight excluding hydrogens is 290 g/mol. The second kappa shape index (κ2) is 5.83. The van der Waals surface area contributed by atoms with Crippen LogP contribution in [0, 0.1) is 13.8 Å². The van der Waals surface area contributed by atoms with Crippen LogP contribution in [0.5, 0.6) is 0 Å². The SMILES string of the molecule is CCC(C(=O)O)n1c(-c2ccccn2)nc2cc(C)c(C)cc21. The molecule has 1 unspecified atom stereocenters. The van der Waals surface area contributed by atoms with E-state index in [0.717, 1.165) is 22.2 Å². The molecule has 0 aliphatic carbocycles. The lowest BCUT2D eigenvalue weighted by molar-refractivity contribution is -0.140. The summed E-state index contributed by atoms with van der Waals surface area (Å²) in [6.07, 6.45) is 2.17. The lowest BCUT2D eigenvalue weighted by atomic mass is 10.1. The molecule has 3 rings (SSSR count). The summed E-state index contributed by atoms with van der Waals surface area (Å²) < 4.78 is 1.80. The van der Waals surface area contributed by atoms with Crippen LogP contribution in [0.3, 0.4) is 0 Å². The molecule has 3 aromatic rings. The maximum absolute atomic E-state index is 11.7. The highest BCUT2D eigenvalue weighted by Gasteiger charge is 2.25. The van der Waals surface area contributed by atoms with Crippen LogP contribution >= 0.6 is 0 Å². The minimum atomic E-state index is -0.859. The first-order valence-electron chi connectivity index (χ1n) is 7.66. The van der Waals surface area contributed by atoms with Crippen LogP contribution < -0.4 is 0 Å². The Balaban J connectivity index is 2.36. The molecule has 0 aliphatic heterocycles. The summed E-state index contributed by atoms with van der Waals surface area (Å²) in [5.74, 6) is -0.262. The fourth-order valence-corrected chi connectivity index (χ4v) is 2.81. The van der Waals surface area contributed by atoms with Gasteiger partial charge in [-0.3, -0.25) is 4.98 Å². The van der Waals surface area contributed by atoms with E-state index in [2.05, 4.69) is 9.97 Å². The first-order chi connectivity index (χ1) is 11.0. The predicted octanol–water partition coefficient (Wildman–Crippen LogP) is 3.75. The van der Waals surface area contributed by atoms with Crippen molar-refractivity contribution in [3.05, 3.63) is 47.7 Å². The van der Waals surface area contributed by atoms with Crippen molar-refractivity contribution in [2.75, 3.05) is 0 Å². The third-order valence-corrected chi connectivity index (χ3v) is 4.18. The second-order valence-electron chi connectivity index (χ2n) is 5.71. The molecule has 0 spiro atoms. The fourth-order valence-electron chi connectivity index (χ4n) is 2.81. The summed E-state index contributed by atoms with van der Waals surface area (Å²) >= 11 is 0. The number of pyridine rings is 1. The number of rotatable bonds is 4. The van der Waals surface area contributed by atoms with Crippen LogP contribution in [0.15, 0.2) is 36.5 Å². The Kier molecular flexibility index (Phi) is 3.86. The summed E-state index contributed by atoms with van der Waals surface area (Å²) in [7, 11) is 0. The van der Waals surface area contributed by atoms with Gasteiger partial charge in [0.25, 0.3) is 0 Å². The number of hydrogen-bond donors (Lipinski definition) is 1. The molecule has 0 radical (unpaired) electrons. The van der Waals surface area contributed by atoms with Gasteiger partial charge < -0.3 is 9.67 Å². The summed E-state index contributed by atoms with van der Waals surface area (Å²) in [6, 6.07) is 8.91. The van der Waals surface area contributed by atoms with E-state index in [1.54, 1.807) is 10.8 Å². The molecule has 0 saturated heterocycles. The van der Waals surface area contributed by atoms with E-state index in [4.69, 9.17) is 0 Å². The highest BCUT2D eigenvalue weighted by Crippen LogP contribution is 2.30. The number of fused-ring (bicyclic) bond motifs is 1. The first-order valence-corrected chi connectivity index (χ1v) is 7.66. The summed E-state index contributed by atoms with van der Waals surface area (Å²) in [6.45, 7) is 5.92. The van der Waals surface area contributed by atoms with Crippen molar-refractivity contribution in [3.63, 3.8) is 0 Å². The van der Waals surface area contributed by atoms with Gasteiger partial charge in [0.05, 0.1) is 11.0 Å². The fraction of sp³-hybridized carbons (Fsp3) is 0.278. The van der Waals surface area contributed by atoms with Gasteiger partial charge in [0.1, 0.15) is 11.7 Å². The van der Waals surface area contributed by atoms with Gasteiger partial charge in [-0.1, -0.05) is 13.0 Å². The lowest BCUT2D eigenvalue weighted by Crippen LogP contribution is -2.19. The number of carboxylic acids is 1. The minimum Gasteiger partial charge on any atom is -0.480 e. The van der Waals surface area contributed by atoms with Crippen molar-refractivity contribution in [1.29, 1.82) is 0 Å². The zero-order valence-electron chi connectivity index (χ0n) is 13.4. The number of nitrogens with zero attached hydrogens (tertiary/aromatic N) is 3. The number of carboxylic acid groups (broad SMARTS) is 1.